The van der Waals surface area contributed by atoms with E-state index in [-0.39, 0.29) is 27.2 Å². The average Bonchev–Trinajstić information content (AvgIpc) is 3.38. The first kappa shape index (κ1) is 40.0. The van der Waals surface area contributed by atoms with Gasteiger partial charge in [-0.2, -0.15) is 0 Å². The van der Waals surface area contributed by atoms with Crippen molar-refractivity contribution in [3.05, 3.63) is 0 Å². The topological polar surface area (TPSA) is 148 Å². The summed E-state index contributed by atoms with van der Waals surface area (Å²) in [7, 11) is 5.39. The second-order valence-electron chi connectivity index (χ2n) is 9.85. The Hall–Kier alpha value is -1.46. The fraction of sp³-hybridized carbons (Fsp3) is 0.846. The van der Waals surface area contributed by atoms with Crippen molar-refractivity contribution in [1.29, 1.82) is 0 Å². The minimum absolute atomic E-state index is 0.0665. The molecule has 0 aromatic carbocycles. The van der Waals surface area contributed by atoms with Crippen LogP contribution in [-0.4, -0.2) is 71.2 Å². The van der Waals surface area contributed by atoms with Crippen LogP contribution in [0.25, 0.3) is 0 Å². The highest BCUT2D eigenvalue weighted by Crippen LogP contribution is 2.46. The number of hydrogen-bond acceptors (Lipinski definition) is 7. The van der Waals surface area contributed by atoms with E-state index >= 15 is 0 Å². The van der Waals surface area contributed by atoms with Gasteiger partial charge in [0, 0.05) is 29.0 Å². The summed E-state index contributed by atoms with van der Waals surface area (Å²) in [6.45, 7) is 20.9. The normalized spacial score (nSPS) is 14.4. The lowest BCUT2D eigenvalue weighted by Crippen LogP contribution is -2.44. The molecule has 0 aliphatic carbocycles. The Labute approximate surface area is 234 Å². The van der Waals surface area contributed by atoms with E-state index in [1.807, 2.05) is 43.4 Å². The van der Waals surface area contributed by atoms with Crippen molar-refractivity contribution in [2.75, 3.05) is 26.7 Å². The van der Waals surface area contributed by atoms with Gasteiger partial charge >= 0.3 is 0 Å². The number of amides is 4. The first-order valence-corrected chi connectivity index (χ1v) is 15.4. The molecule has 1 aliphatic rings. The van der Waals surface area contributed by atoms with Gasteiger partial charge in [0.2, 0.25) is 24.1 Å². The van der Waals surface area contributed by atoms with Crippen molar-refractivity contribution in [2.45, 2.75) is 110 Å². The van der Waals surface area contributed by atoms with Crippen LogP contribution >= 0.6 is 21.6 Å². The molecule has 1 saturated heterocycles. The molecule has 0 aromatic heterocycles. The van der Waals surface area contributed by atoms with Crippen LogP contribution in [0.1, 0.15) is 94.4 Å². The van der Waals surface area contributed by atoms with Crippen LogP contribution in [0.2, 0.25) is 0 Å². The van der Waals surface area contributed by atoms with E-state index in [0.29, 0.717) is 19.4 Å². The van der Waals surface area contributed by atoms with E-state index in [4.69, 9.17) is 11.5 Å². The standard InChI is InChI=1S/C10H21NOS2.C7H14N2O2.C7H14N2O.C2H6/c1-6-9(2,3)13-14-10(4,5)7-8(11)12;1-3-5(2)6(7(8)11)9-4-10;1-8-6-7(10)9-4-2-3-5-9;1-2/h6-7H2,1-5H3,(H2,11,12);4-6H,3H2,1-2H3,(H2,8,11)(H,9,10);8H,2-6H2,1H3;1-2H3. The Bertz CT molecular complexity index is 642. The molecule has 0 radical (unpaired) electrons. The van der Waals surface area contributed by atoms with Crippen LogP contribution in [0.5, 0.6) is 0 Å². The summed E-state index contributed by atoms with van der Waals surface area (Å²) in [6.07, 6.45) is 5.22. The molecule has 1 fully saturated rings. The number of primary amides is 2. The highest BCUT2D eigenvalue weighted by molar-refractivity contribution is 8.77. The molecule has 0 bridgehead atoms. The molecule has 37 heavy (non-hydrogen) atoms. The summed E-state index contributed by atoms with van der Waals surface area (Å²) < 4.78 is 0.197. The molecular weight excluding hydrogens is 510 g/mol. The van der Waals surface area contributed by atoms with Crippen LogP contribution in [0, 0.1) is 5.92 Å². The van der Waals surface area contributed by atoms with Crippen molar-refractivity contribution in [2.24, 2.45) is 17.4 Å². The molecule has 1 rings (SSSR count). The van der Waals surface area contributed by atoms with Crippen LogP contribution in [0.3, 0.4) is 0 Å². The van der Waals surface area contributed by atoms with Crippen molar-refractivity contribution in [3.63, 3.8) is 0 Å². The Morgan fingerprint density at radius 1 is 1.00 bits per heavy atom. The van der Waals surface area contributed by atoms with E-state index in [2.05, 4.69) is 45.3 Å². The van der Waals surface area contributed by atoms with Gasteiger partial charge in [-0.25, -0.2) is 0 Å². The minimum atomic E-state index is -0.530. The molecule has 1 heterocycles. The smallest absolute Gasteiger partial charge is 0.240 e. The van der Waals surface area contributed by atoms with Gasteiger partial charge in [-0.1, -0.05) is 62.6 Å². The van der Waals surface area contributed by atoms with Gasteiger partial charge in [0.15, 0.2) is 0 Å². The van der Waals surface area contributed by atoms with Gasteiger partial charge in [-0.3, -0.25) is 19.2 Å². The maximum Gasteiger partial charge on any atom is 0.240 e. The molecule has 6 N–H and O–H groups in total. The maximum atomic E-state index is 11.1. The maximum absolute atomic E-state index is 11.1. The predicted octanol–water partition coefficient (Wildman–Crippen LogP) is 3.70. The Kier molecular flexibility index (Phi) is 24.4. The van der Waals surface area contributed by atoms with E-state index in [0.717, 1.165) is 25.9 Å². The third kappa shape index (κ3) is 22.3. The van der Waals surface area contributed by atoms with Crippen molar-refractivity contribution >= 4 is 45.7 Å². The quantitative estimate of drug-likeness (QED) is 0.197. The zero-order chi connectivity index (χ0) is 29.7. The van der Waals surface area contributed by atoms with Gasteiger partial charge in [-0.15, -0.1) is 0 Å². The van der Waals surface area contributed by atoms with Crippen LogP contribution in [0.4, 0.5) is 0 Å². The lowest BCUT2D eigenvalue weighted by Gasteiger charge is -2.28. The Morgan fingerprint density at radius 2 is 1.49 bits per heavy atom. The molecule has 0 aromatic rings. The summed E-state index contributed by atoms with van der Waals surface area (Å²) in [6, 6.07) is -0.530. The average molecular weight is 566 g/mol. The van der Waals surface area contributed by atoms with E-state index in [1.54, 1.807) is 17.8 Å². The fourth-order valence-electron chi connectivity index (χ4n) is 2.80. The number of nitrogens with zero attached hydrogens (tertiary/aromatic N) is 1. The molecule has 220 valence electrons. The minimum Gasteiger partial charge on any atom is -0.370 e. The molecule has 2 unspecified atom stereocenters. The van der Waals surface area contributed by atoms with Gasteiger partial charge in [-0.05, 0) is 59.9 Å². The lowest BCUT2D eigenvalue weighted by molar-refractivity contribution is -0.129. The number of nitrogens with one attached hydrogen (secondary N) is 2. The van der Waals surface area contributed by atoms with Gasteiger partial charge in [0.25, 0.3) is 0 Å². The second kappa shape index (κ2) is 22.5. The van der Waals surface area contributed by atoms with Crippen LogP contribution in [-0.2, 0) is 19.2 Å². The van der Waals surface area contributed by atoms with Gasteiger partial charge in [0.05, 0.1) is 6.54 Å². The molecule has 0 spiro atoms. The monoisotopic (exact) mass is 565 g/mol. The van der Waals surface area contributed by atoms with Crippen LogP contribution in [0.15, 0.2) is 0 Å². The van der Waals surface area contributed by atoms with Crippen molar-refractivity contribution < 1.29 is 19.2 Å². The number of likely N-dealkylation sites (tertiary alicyclic amines) is 1. The number of carbonyl (C=O) groups is 4. The largest absolute Gasteiger partial charge is 0.370 e. The first-order chi connectivity index (χ1) is 17.2. The first-order valence-electron chi connectivity index (χ1n) is 13.2. The highest BCUT2D eigenvalue weighted by Gasteiger charge is 2.26. The SMILES string of the molecule is CC.CCC(C)(C)SSC(C)(C)CC(N)=O.CCC(C)C(NC=O)C(N)=O.CNCC(=O)N1CCCC1. The van der Waals surface area contributed by atoms with Crippen molar-refractivity contribution in [3.8, 4) is 0 Å². The molecule has 2 atom stereocenters. The zero-order valence-electron chi connectivity index (χ0n) is 24.9. The van der Waals surface area contributed by atoms with E-state index in [9.17, 15) is 19.2 Å². The number of hydrogen-bond donors (Lipinski definition) is 4. The second-order valence-corrected chi connectivity index (χ2v) is 13.4. The molecule has 1 aliphatic heterocycles. The summed E-state index contributed by atoms with van der Waals surface area (Å²) in [5.41, 5.74) is 10.2. The van der Waals surface area contributed by atoms with E-state index in [1.165, 1.54) is 12.8 Å². The van der Waals surface area contributed by atoms with E-state index < -0.39 is 11.9 Å². The van der Waals surface area contributed by atoms with Gasteiger partial charge < -0.3 is 27.0 Å². The summed E-state index contributed by atoms with van der Waals surface area (Å²) in [5, 5.41) is 5.23. The Morgan fingerprint density at radius 3 is 1.84 bits per heavy atom. The lowest BCUT2D eigenvalue weighted by atomic mass is 9.99. The summed E-state index contributed by atoms with van der Waals surface area (Å²) in [5.74, 6) is -0.374. The molecule has 11 heteroatoms. The summed E-state index contributed by atoms with van der Waals surface area (Å²) >= 11 is 0. The summed E-state index contributed by atoms with van der Waals surface area (Å²) in [4.78, 5) is 44.5. The number of rotatable bonds is 13. The number of carbonyl (C=O) groups excluding carboxylic acids is 4. The third-order valence-corrected chi connectivity index (χ3v) is 9.87. The fourth-order valence-corrected chi connectivity index (χ4v) is 5.45. The van der Waals surface area contributed by atoms with Crippen LogP contribution < -0.4 is 22.1 Å². The third-order valence-electron chi connectivity index (χ3n) is 5.50. The number of nitrogens with two attached hydrogens (primary N) is 2. The highest BCUT2D eigenvalue weighted by atomic mass is 33.1. The molecule has 4 amide bonds. The number of likely N-dealkylation sites (N-methyl/N-ethyl adjacent to an activating group) is 1. The van der Waals surface area contributed by atoms with Crippen molar-refractivity contribution in [1.82, 2.24) is 15.5 Å². The van der Waals surface area contributed by atoms with Gasteiger partial charge in [0.1, 0.15) is 6.04 Å². The zero-order valence-corrected chi connectivity index (χ0v) is 26.6. The predicted molar refractivity (Wildman–Crippen MR) is 160 cm³/mol. The molecular formula is C26H55N5O4S2. The molecule has 9 nitrogen and oxygen atoms in total. The Balaban J connectivity index is -0.000000459. The molecule has 0 saturated carbocycles.